The number of ether oxygens (including phenoxy) is 1. The van der Waals surface area contributed by atoms with Gasteiger partial charge in [-0.1, -0.05) is 61.3 Å². The first kappa shape index (κ1) is 18.3. The third-order valence-electron chi connectivity index (χ3n) is 3.94. The summed E-state index contributed by atoms with van der Waals surface area (Å²) >= 11 is 5.97. The Hall–Kier alpha value is -2.00. The molecule has 1 amide bonds. The zero-order chi connectivity index (χ0) is 17.5. The molecule has 3 nitrogen and oxygen atoms in total. The molecular formula is C20H24ClNO2. The zero-order valence-electron chi connectivity index (χ0n) is 14.4. The van der Waals surface area contributed by atoms with Crippen molar-refractivity contribution in [1.82, 2.24) is 5.32 Å². The number of nitrogens with one attached hydrogen (secondary N) is 1. The fourth-order valence-electron chi connectivity index (χ4n) is 2.51. The maximum Gasteiger partial charge on any atom is 0.261 e. The smallest absolute Gasteiger partial charge is 0.261 e. The molecule has 2 rings (SSSR count). The van der Waals surface area contributed by atoms with Crippen LogP contribution in [0, 0.1) is 6.92 Å². The van der Waals surface area contributed by atoms with Gasteiger partial charge >= 0.3 is 0 Å². The summed E-state index contributed by atoms with van der Waals surface area (Å²) in [6.07, 6.45) is 0.869. The highest BCUT2D eigenvalue weighted by molar-refractivity contribution is 6.30. The molecule has 0 aromatic heterocycles. The Bertz CT molecular complexity index is 670. The third kappa shape index (κ3) is 5.00. The molecule has 0 aliphatic heterocycles. The molecule has 0 radical (unpaired) electrons. The minimum absolute atomic E-state index is 0.0184. The van der Waals surface area contributed by atoms with Crippen molar-refractivity contribution < 1.29 is 9.53 Å². The molecule has 0 aliphatic carbocycles. The van der Waals surface area contributed by atoms with E-state index < -0.39 is 6.10 Å². The molecule has 4 heteroatoms. The van der Waals surface area contributed by atoms with E-state index in [1.807, 2.05) is 13.0 Å². The predicted molar refractivity (Wildman–Crippen MR) is 98.5 cm³/mol. The lowest BCUT2D eigenvalue weighted by molar-refractivity contribution is -0.128. The molecule has 2 aromatic rings. The topological polar surface area (TPSA) is 38.3 Å². The minimum Gasteiger partial charge on any atom is -0.481 e. The van der Waals surface area contributed by atoms with E-state index in [4.69, 9.17) is 16.3 Å². The van der Waals surface area contributed by atoms with Gasteiger partial charge in [-0.05, 0) is 43.5 Å². The molecule has 24 heavy (non-hydrogen) atoms. The maximum absolute atomic E-state index is 12.6. The van der Waals surface area contributed by atoms with Crippen molar-refractivity contribution in [3.63, 3.8) is 0 Å². The van der Waals surface area contributed by atoms with Gasteiger partial charge in [0.2, 0.25) is 0 Å². The van der Waals surface area contributed by atoms with Gasteiger partial charge in [-0.15, -0.1) is 0 Å². The molecule has 2 atom stereocenters. The number of carbonyl (C=O) groups is 1. The monoisotopic (exact) mass is 345 g/mol. The Morgan fingerprint density at radius 2 is 1.83 bits per heavy atom. The van der Waals surface area contributed by atoms with Crippen LogP contribution < -0.4 is 10.1 Å². The third-order valence-corrected chi connectivity index (χ3v) is 4.18. The van der Waals surface area contributed by atoms with Crippen molar-refractivity contribution in [3.05, 3.63) is 64.7 Å². The van der Waals surface area contributed by atoms with Crippen molar-refractivity contribution in [2.45, 2.75) is 45.8 Å². The summed E-state index contributed by atoms with van der Waals surface area (Å²) in [6.45, 7) is 6.04. The van der Waals surface area contributed by atoms with Gasteiger partial charge < -0.3 is 10.1 Å². The molecule has 0 heterocycles. The van der Waals surface area contributed by atoms with E-state index >= 15 is 0 Å². The molecule has 128 valence electrons. The van der Waals surface area contributed by atoms with Crippen LogP contribution in [0.3, 0.4) is 0 Å². The number of hydrogen-bond donors (Lipinski definition) is 1. The average molecular weight is 346 g/mol. The van der Waals surface area contributed by atoms with Gasteiger partial charge in [0, 0.05) is 5.02 Å². The molecule has 2 aromatic carbocycles. The summed E-state index contributed by atoms with van der Waals surface area (Å²) in [7, 11) is 0. The summed E-state index contributed by atoms with van der Waals surface area (Å²) < 4.78 is 5.81. The van der Waals surface area contributed by atoms with Gasteiger partial charge in [0.15, 0.2) is 6.10 Å². The number of aryl methyl sites for hydroxylation is 1. The summed E-state index contributed by atoms with van der Waals surface area (Å²) in [5, 5.41) is 3.68. The lowest BCUT2D eigenvalue weighted by Crippen LogP contribution is -2.39. The van der Waals surface area contributed by atoms with Crippen molar-refractivity contribution in [1.29, 1.82) is 0 Å². The van der Waals surface area contributed by atoms with Crippen LogP contribution in [0.2, 0.25) is 5.02 Å². The zero-order valence-corrected chi connectivity index (χ0v) is 15.1. The van der Waals surface area contributed by atoms with E-state index in [9.17, 15) is 4.79 Å². The second-order valence-corrected chi connectivity index (χ2v) is 6.29. The first-order valence-electron chi connectivity index (χ1n) is 8.32. The van der Waals surface area contributed by atoms with Gasteiger partial charge in [0.05, 0.1) is 6.04 Å². The van der Waals surface area contributed by atoms with Gasteiger partial charge in [-0.25, -0.2) is 0 Å². The van der Waals surface area contributed by atoms with Crippen molar-refractivity contribution in [2.24, 2.45) is 0 Å². The van der Waals surface area contributed by atoms with E-state index in [0.29, 0.717) is 17.2 Å². The standard InChI is InChI=1S/C20H24ClNO2/c1-4-18(15-11-9-14(3)10-12-15)22-20(23)19(5-2)24-17-8-6-7-16(21)13-17/h6-13,18-19H,4-5H2,1-3H3,(H,22,23). The van der Waals surface area contributed by atoms with Crippen molar-refractivity contribution in [3.8, 4) is 5.75 Å². The van der Waals surface area contributed by atoms with Crippen molar-refractivity contribution in [2.75, 3.05) is 0 Å². The lowest BCUT2D eigenvalue weighted by Gasteiger charge is -2.22. The van der Waals surface area contributed by atoms with Gasteiger partial charge in [0.1, 0.15) is 5.75 Å². The molecule has 1 N–H and O–H groups in total. The Morgan fingerprint density at radius 1 is 1.12 bits per heavy atom. The molecule has 0 fully saturated rings. The highest BCUT2D eigenvalue weighted by atomic mass is 35.5. The van der Waals surface area contributed by atoms with Gasteiger partial charge in [-0.2, -0.15) is 0 Å². The lowest BCUT2D eigenvalue weighted by atomic mass is 10.0. The van der Waals surface area contributed by atoms with E-state index in [2.05, 4.69) is 43.4 Å². The molecule has 0 saturated carbocycles. The minimum atomic E-state index is -0.539. The molecular weight excluding hydrogens is 322 g/mol. The molecule has 0 spiro atoms. The molecule has 0 saturated heterocycles. The van der Waals surface area contributed by atoms with Crippen LogP contribution in [-0.2, 0) is 4.79 Å². The molecule has 2 unspecified atom stereocenters. The number of amides is 1. The first-order chi connectivity index (χ1) is 11.5. The quantitative estimate of drug-likeness (QED) is 0.760. The van der Waals surface area contributed by atoms with Crippen molar-refractivity contribution >= 4 is 17.5 Å². The Balaban J connectivity index is 2.05. The molecule has 0 bridgehead atoms. The molecule has 0 aliphatic rings. The van der Waals surface area contributed by atoms with Crippen LogP contribution in [0.5, 0.6) is 5.75 Å². The van der Waals surface area contributed by atoms with Crippen LogP contribution in [0.4, 0.5) is 0 Å². The van der Waals surface area contributed by atoms with Gasteiger partial charge in [0.25, 0.3) is 5.91 Å². The van der Waals surface area contributed by atoms with Crippen LogP contribution in [0.25, 0.3) is 0 Å². The highest BCUT2D eigenvalue weighted by Crippen LogP contribution is 2.21. The van der Waals surface area contributed by atoms with Crippen LogP contribution in [0.15, 0.2) is 48.5 Å². The first-order valence-corrected chi connectivity index (χ1v) is 8.70. The number of benzene rings is 2. The van der Waals surface area contributed by atoms with E-state index in [1.165, 1.54) is 5.56 Å². The number of rotatable bonds is 7. The fourth-order valence-corrected chi connectivity index (χ4v) is 2.69. The fraction of sp³-hybridized carbons (Fsp3) is 0.350. The second kappa shape index (κ2) is 8.74. The predicted octanol–water partition coefficient (Wildman–Crippen LogP) is 5.07. The number of halogens is 1. The normalized spacial score (nSPS) is 13.2. The van der Waals surface area contributed by atoms with E-state index in [0.717, 1.165) is 12.0 Å². The largest absolute Gasteiger partial charge is 0.481 e. The maximum atomic E-state index is 12.6. The highest BCUT2D eigenvalue weighted by Gasteiger charge is 2.22. The Kier molecular flexibility index (Phi) is 6.68. The van der Waals surface area contributed by atoms with Crippen LogP contribution in [0.1, 0.15) is 43.9 Å². The Morgan fingerprint density at radius 3 is 2.42 bits per heavy atom. The van der Waals surface area contributed by atoms with E-state index in [1.54, 1.807) is 18.2 Å². The average Bonchev–Trinajstić information content (AvgIpc) is 2.58. The summed E-state index contributed by atoms with van der Waals surface area (Å²) in [4.78, 5) is 12.6. The summed E-state index contributed by atoms with van der Waals surface area (Å²) in [6, 6.07) is 15.3. The van der Waals surface area contributed by atoms with Crippen LogP contribution >= 0.6 is 11.6 Å². The van der Waals surface area contributed by atoms with Crippen LogP contribution in [-0.4, -0.2) is 12.0 Å². The number of carbonyl (C=O) groups excluding carboxylic acids is 1. The number of hydrogen-bond acceptors (Lipinski definition) is 2. The summed E-state index contributed by atoms with van der Waals surface area (Å²) in [5.41, 5.74) is 2.31. The van der Waals surface area contributed by atoms with Gasteiger partial charge in [-0.3, -0.25) is 4.79 Å². The Labute approximate surface area is 149 Å². The summed E-state index contributed by atoms with van der Waals surface area (Å²) in [5.74, 6) is 0.498. The van der Waals surface area contributed by atoms with E-state index in [-0.39, 0.29) is 11.9 Å². The SMILES string of the molecule is CCC(Oc1cccc(Cl)c1)C(=O)NC(CC)c1ccc(C)cc1. The second-order valence-electron chi connectivity index (χ2n) is 5.85.